The minimum atomic E-state index is 0.0586. The van der Waals surface area contributed by atoms with Crippen molar-refractivity contribution in [1.82, 2.24) is 14.5 Å². The predicted octanol–water partition coefficient (Wildman–Crippen LogP) is 1.67. The summed E-state index contributed by atoms with van der Waals surface area (Å²) in [5.41, 5.74) is 9.11. The van der Waals surface area contributed by atoms with Gasteiger partial charge in [0.05, 0.1) is 23.3 Å². The average molecular weight is 254 g/mol. The zero-order valence-electron chi connectivity index (χ0n) is 10.3. The second-order valence-corrected chi connectivity index (χ2v) is 4.31. The summed E-state index contributed by atoms with van der Waals surface area (Å²) in [6, 6.07) is 9.68. The Hall–Kier alpha value is -2.40. The molecule has 5 nitrogen and oxygen atoms in total. The maximum Gasteiger partial charge on any atom is 0.142 e. The largest absolute Gasteiger partial charge is 0.397 e. The maximum atomic E-state index is 9.23. The maximum absolute atomic E-state index is 9.23. The van der Waals surface area contributed by atoms with Crippen molar-refractivity contribution in [3.05, 3.63) is 42.7 Å². The number of benzene rings is 1. The third kappa shape index (κ3) is 2.04. The molecule has 3 N–H and O–H groups in total. The highest BCUT2D eigenvalue weighted by molar-refractivity contribution is 5.80. The minimum Gasteiger partial charge on any atom is -0.397 e. The Labute approximate surface area is 110 Å². The van der Waals surface area contributed by atoms with Crippen molar-refractivity contribution in [3.63, 3.8) is 0 Å². The summed E-state index contributed by atoms with van der Waals surface area (Å²) in [6.07, 6.45) is 3.33. The first-order chi connectivity index (χ1) is 9.29. The fourth-order valence-corrected chi connectivity index (χ4v) is 2.20. The highest BCUT2D eigenvalue weighted by atomic mass is 16.3. The fourth-order valence-electron chi connectivity index (χ4n) is 2.20. The van der Waals surface area contributed by atoms with Crippen LogP contribution in [0.1, 0.15) is 0 Å². The van der Waals surface area contributed by atoms with Crippen LogP contribution >= 0.6 is 0 Å². The molecule has 0 aliphatic carbocycles. The van der Waals surface area contributed by atoms with E-state index in [-0.39, 0.29) is 6.61 Å². The first-order valence-corrected chi connectivity index (χ1v) is 6.06. The Balaban J connectivity index is 2.25. The number of hydrogen-bond donors (Lipinski definition) is 2. The van der Waals surface area contributed by atoms with Gasteiger partial charge in [-0.2, -0.15) is 0 Å². The van der Waals surface area contributed by atoms with Gasteiger partial charge in [0.25, 0.3) is 0 Å². The molecule has 0 aliphatic heterocycles. The van der Waals surface area contributed by atoms with Crippen molar-refractivity contribution >= 4 is 16.7 Å². The number of para-hydroxylation sites is 2. The monoisotopic (exact) mass is 254 g/mol. The molecule has 96 valence electrons. The van der Waals surface area contributed by atoms with E-state index in [9.17, 15) is 5.11 Å². The van der Waals surface area contributed by atoms with Gasteiger partial charge in [0.15, 0.2) is 0 Å². The lowest BCUT2D eigenvalue weighted by molar-refractivity contribution is 0.278. The Morgan fingerprint density at radius 2 is 2.05 bits per heavy atom. The number of nitrogens with two attached hydrogens (primary N) is 1. The van der Waals surface area contributed by atoms with Crippen LogP contribution in [0.3, 0.4) is 0 Å². The van der Waals surface area contributed by atoms with E-state index in [1.807, 2.05) is 34.9 Å². The molecule has 3 rings (SSSR count). The van der Waals surface area contributed by atoms with E-state index >= 15 is 0 Å². The van der Waals surface area contributed by atoms with Crippen LogP contribution in [0.15, 0.2) is 42.7 Å². The number of imidazole rings is 1. The molecule has 0 saturated carbocycles. The average Bonchev–Trinajstić information content (AvgIpc) is 2.79. The van der Waals surface area contributed by atoms with Gasteiger partial charge in [-0.1, -0.05) is 12.1 Å². The number of aromatic nitrogens is 3. The van der Waals surface area contributed by atoms with Crippen LogP contribution in [0.5, 0.6) is 0 Å². The summed E-state index contributed by atoms with van der Waals surface area (Å²) in [7, 11) is 0. The minimum absolute atomic E-state index is 0.0586. The molecule has 1 aromatic carbocycles. The smallest absolute Gasteiger partial charge is 0.142 e. The van der Waals surface area contributed by atoms with Gasteiger partial charge in [0.1, 0.15) is 5.82 Å². The second-order valence-electron chi connectivity index (χ2n) is 4.31. The number of hydrogen-bond acceptors (Lipinski definition) is 4. The van der Waals surface area contributed by atoms with Crippen LogP contribution in [0.4, 0.5) is 5.69 Å². The SMILES string of the molecule is Nc1cncc(-c2nc3ccccc3n2CCO)c1. The second kappa shape index (κ2) is 4.70. The van der Waals surface area contributed by atoms with Crippen LogP contribution in [-0.2, 0) is 6.54 Å². The molecule has 5 heteroatoms. The molecule has 0 bridgehead atoms. The van der Waals surface area contributed by atoms with Gasteiger partial charge >= 0.3 is 0 Å². The predicted molar refractivity (Wildman–Crippen MR) is 74.5 cm³/mol. The first-order valence-electron chi connectivity index (χ1n) is 6.06. The lowest BCUT2D eigenvalue weighted by Crippen LogP contribution is -2.04. The lowest BCUT2D eigenvalue weighted by Gasteiger charge is -2.07. The van der Waals surface area contributed by atoms with Crippen LogP contribution < -0.4 is 5.73 Å². The highest BCUT2D eigenvalue weighted by Gasteiger charge is 2.12. The zero-order valence-corrected chi connectivity index (χ0v) is 10.3. The molecule has 0 unspecified atom stereocenters. The Bertz CT molecular complexity index is 720. The van der Waals surface area contributed by atoms with E-state index in [1.165, 1.54) is 0 Å². The molecule has 2 heterocycles. The Morgan fingerprint density at radius 3 is 2.84 bits per heavy atom. The van der Waals surface area contributed by atoms with E-state index in [2.05, 4.69) is 9.97 Å². The standard InChI is InChI=1S/C14H14N4O/c15-11-7-10(8-16-9-11)14-17-12-3-1-2-4-13(12)18(14)5-6-19/h1-4,7-9,19H,5-6,15H2. The lowest BCUT2D eigenvalue weighted by atomic mass is 10.2. The normalized spacial score (nSPS) is 11.0. The molecule has 0 aliphatic rings. The topological polar surface area (TPSA) is 77.0 Å². The molecule has 2 aromatic heterocycles. The highest BCUT2D eigenvalue weighted by Crippen LogP contribution is 2.25. The summed E-state index contributed by atoms with van der Waals surface area (Å²) >= 11 is 0. The third-order valence-corrected chi connectivity index (χ3v) is 3.00. The summed E-state index contributed by atoms with van der Waals surface area (Å²) in [5, 5.41) is 9.23. The van der Waals surface area contributed by atoms with E-state index < -0.39 is 0 Å². The molecule has 0 amide bonds. The molecule has 0 radical (unpaired) electrons. The summed E-state index contributed by atoms with van der Waals surface area (Å²) < 4.78 is 1.98. The molecular formula is C14H14N4O. The first kappa shape index (κ1) is 11.7. The van der Waals surface area contributed by atoms with Gasteiger partial charge in [0, 0.05) is 24.5 Å². The van der Waals surface area contributed by atoms with Gasteiger partial charge in [-0.25, -0.2) is 4.98 Å². The molecule has 0 fully saturated rings. The number of nitrogen functional groups attached to an aromatic ring is 1. The van der Waals surface area contributed by atoms with Gasteiger partial charge < -0.3 is 15.4 Å². The van der Waals surface area contributed by atoms with Crippen molar-refractivity contribution in [3.8, 4) is 11.4 Å². The Morgan fingerprint density at radius 1 is 1.21 bits per heavy atom. The quantitative estimate of drug-likeness (QED) is 0.745. The summed E-state index contributed by atoms with van der Waals surface area (Å²) in [4.78, 5) is 8.69. The van der Waals surface area contributed by atoms with Crippen molar-refractivity contribution in [2.24, 2.45) is 0 Å². The van der Waals surface area contributed by atoms with Crippen molar-refractivity contribution in [2.75, 3.05) is 12.3 Å². The van der Waals surface area contributed by atoms with E-state index in [1.54, 1.807) is 12.4 Å². The molecule has 3 aromatic rings. The number of fused-ring (bicyclic) bond motifs is 1. The van der Waals surface area contributed by atoms with Crippen molar-refractivity contribution in [2.45, 2.75) is 6.54 Å². The van der Waals surface area contributed by atoms with Crippen LogP contribution in [-0.4, -0.2) is 26.2 Å². The van der Waals surface area contributed by atoms with E-state index in [4.69, 9.17) is 5.73 Å². The van der Waals surface area contributed by atoms with Gasteiger partial charge in [-0.3, -0.25) is 4.98 Å². The van der Waals surface area contributed by atoms with Crippen LogP contribution in [0, 0.1) is 0 Å². The number of aliphatic hydroxyl groups excluding tert-OH is 1. The zero-order chi connectivity index (χ0) is 13.2. The van der Waals surface area contributed by atoms with Gasteiger partial charge in [-0.15, -0.1) is 0 Å². The number of aliphatic hydroxyl groups is 1. The van der Waals surface area contributed by atoms with Crippen LogP contribution in [0.2, 0.25) is 0 Å². The third-order valence-electron chi connectivity index (χ3n) is 3.00. The van der Waals surface area contributed by atoms with Crippen molar-refractivity contribution < 1.29 is 5.11 Å². The van der Waals surface area contributed by atoms with Crippen molar-refractivity contribution in [1.29, 1.82) is 0 Å². The number of anilines is 1. The van der Waals surface area contributed by atoms with Gasteiger partial charge in [0.2, 0.25) is 0 Å². The number of rotatable bonds is 3. The fraction of sp³-hybridized carbons (Fsp3) is 0.143. The Kier molecular flexibility index (Phi) is 2.89. The summed E-state index contributed by atoms with van der Waals surface area (Å²) in [5.74, 6) is 0.773. The number of nitrogens with zero attached hydrogens (tertiary/aromatic N) is 3. The van der Waals surface area contributed by atoms with E-state index in [0.29, 0.717) is 12.2 Å². The van der Waals surface area contributed by atoms with Gasteiger partial charge in [-0.05, 0) is 18.2 Å². The number of pyridine rings is 1. The molecule has 0 atom stereocenters. The van der Waals surface area contributed by atoms with E-state index in [0.717, 1.165) is 22.4 Å². The van der Waals surface area contributed by atoms with Crippen LogP contribution in [0.25, 0.3) is 22.4 Å². The molecule has 19 heavy (non-hydrogen) atoms. The summed E-state index contributed by atoms with van der Waals surface area (Å²) in [6.45, 7) is 0.549. The molecule has 0 saturated heterocycles. The molecule has 0 spiro atoms. The molecular weight excluding hydrogens is 240 g/mol.